The van der Waals surface area contributed by atoms with Gasteiger partial charge < -0.3 is 4.57 Å². The maximum absolute atomic E-state index is 13.4. The fourth-order valence-electron chi connectivity index (χ4n) is 2.59. The Kier molecular flexibility index (Phi) is 4.56. The average molecular weight is 413 g/mol. The van der Waals surface area contributed by atoms with Crippen molar-refractivity contribution in [2.45, 2.75) is 20.1 Å². The Bertz CT molecular complexity index is 958. The van der Waals surface area contributed by atoms with Gasteiger partial charge in [0.1, 0.15) is 18.0 Å². The van der Waals surface area contributed by atoms with Crippen LogP contribution in [0.4, 0.5) is 10.1 Å². The second-order valence-corrected chi connectivity index (χ2v) is 6.59. The van der Waals surface area contributed by atoms with Crippen molar-refractivity contribution in [3.63, 3.8) is 0 Å². The van der Waals surface area contributed by atoms with E-state index in [1.807, 2.05) is 19.1 Å². The molecule has 1 aromatic heterocycles. The van der Waals surface area contributed by atoms with Crippen LogP contribution in [0.3, 0.4) is 0 Å². The molecule has 0 saturated heterocycles. The number of aromatic nitrogens is 2. The van der Waals surface area contributed by atoms with Gasteiger partial charge in [-0.1, -0.05) is 23.7 Å². The van der Waals surface area contributed by atoms with Gasteiger partial charge in [-0.25, -0.2) is 9.37 Å². The van der Waals surface area contributed by atoms with Gasteiger partial charge in [0.25, 0.3) is 5.69 Å². The van der Waals surface area contributed by atoms with E-state index >= 15 is 0 Å². The van der Waals surface area contributed by atoms with Crippen molar-refractivity contribution in [3.05, 3.63) is 66.9 Å². The van der Waals surface area contributed by atoms with E-state index in [1.54, 1.807) is 10.6 Å². The van der Waals surface area contributed by atoms with Crippen LogP contribution in [0, 0.1) is 17.0 Å². The molecular formula is C16H12BrClFN3O2. The van der Waals surface area contributed by atoms with Crippen LogP contribution in [0.15, 0.2) is 34.8 Å². The first-order valence-electron chi connectivity index (χ1n) is 7.05. The minimum Gasteiger partial charge on any atom is -0.321 e. The van der Waals surface area contributed by atoms with Gasteiger partial charge in [0.2, 0.25) is 0 Å². The highest BCUT2D eigenvalue weighted by molar-refractivity contribution is 9.10. The molecule has 0 fully saturated rings. The Balaban J connectivity index is 2.22. The number of hydrogen-bond donors (Lipinski definition) is 0. The molecule has 5 nitrogen and oxygen atoms in total. The molecule has 24 heavy (non-hydrogen) atoms. The van der Waals surface area contributed by atoms with Crippen molar-refractivity contribution in [2.24, 2.45) is 0 Å². The minimum absolute atomic E-state index is 0.0799. The molecule has 0 atom stereocenters. The molecular weight excluding hydrogens is 401 g/mol. The lowest BCUT2D eigenvalue weighted by atomic mass is 10.1. The van der Waals surface area contributed by atoms with Crippen LogP contribution >= 0.6 is 27.5 Å². The van der Waals surface area contributed by atoms with Crippen molar-refractivity contribution in [1.82, 2.24) is 9.55 Å². The van der Waals surface area contributed by atoms with Gasteiger partial charge in [-0.3, -0.25) is 10.1 Å². The monoisotopic (exact) mass is 411 g/mol. The Labute approximate surface area is 150 Å². The first-order valence-corrected chi connectivity index (χ1v) is 8.22. The summed E-state index contributed by atoms with van der Waals surface area (Å²) in [6.45, 7) is 1.44. The second-order valence-electron chi connectivity index (χ2n) is 5.32. The first-order chi connectivity index (χ1) is 11.4. The first kappa shape index (κ1) is 16.9. The molecule has 124 valence electrons. The predicted octanol–water partition coefficient (Wildman–Crippen LogP) is 5.19. The van der Waals surface area contributed by atoms with E-state index in [0.29, 0.717) is 27.1 Å². The van der Waals surface area contributed by atoms with E-state index in [2.05, 4.69) is 20.9 Å². The molecule has 2 aromatic carbocycles. The maximum atomic E-state index is 13.4. The molecule has 0 spiro atoms. The SMILES string of the molecule is Cc1c(Cl)cccc1Cn1c(CF)nc2c(Br)cc([N+](=O)[O-])cc21. The number of halogens is 3. The quantitative estimate of drug-likeness (QED) is 0.438. The predicted molar refractivity (Wildman–Crippen MR) is 94.2 cm³/mol. The fourth-order valence-corrected chi connectivity index (χ4v) is 3.31. The summed E-state index contributed by atoms with van der Waals surface area (Å²) < 4.78 is 15.5. The zero-order chi connectivity index (χ0) is 17.4. The van der Waals surface area contributed by atoms with Crippen LogP contribution in [-0.2, 0) is 13.2 Å². The van der Waals surface area contributed by atoms with Crippen LogP contribution in [-0.4, -0.2) is 14.5 Å². The Morgan fingerprint density at radius 1 is 1.42 bits per heavy atom. The van der Waals surface area contributed by atoms with Gasteiger partial charge >= 0.3 is 0 Å². The smallest absolute Gasteiger partial charge is 0.272 e. The summed E-state index contributed by atoms with van der Waals surface area (Å²) in [5.41, 5.74) is 2.70. The maximum Gasteiger partial charge on any atom is 0.272 e. The van der Waals surface area contributed by atoms with E-state index in [4.69, 9.17) is 11.6 Å². The summed E-state index contributed by atoms with van der Waals surface area (Å²) in [5, 5.41) is 11.7. The zero-order valence-corrected chi connectivity index (χ0v) is 14.9. The average Bonchev–Trinajstić information content (AvgIpc) is 2.90. The Morgan fingerprint density at radius 2 is 2.17 bits per heavy atom. The number of alkyl halides is 1. The topological polar surface area (TPSA) is 61.0 Å². The Hall–Kier alpha value is -1.99. The van der Waals surface area contributed by atoms with E-state index < -0.39 is 11.6 Å². The summed E-state index contributed by atoms with van der Waals surface area (Å²) in [6.07, 6.45) is 0. The van der Waals surface area contributed by atoms with Crippen molar-refractivity contribution in [1.29, 1.82) is 0 Å². The van der Waals surface area contributed by atoms with Gasteiger partial charge in [-0.2, -0.15) is 0 Å². The number of non-ortho nitro benzene ring substituents is 1. The second kappa shape index (κ2) is 6.49. The molecule has 0 radical (unpaired) electrons. The highest BCUT2D eigenvalue weighted by Gasteiger charge is 2.19. The number of imidazole rings is 1. The lowest BCUT2D eigenvalue weighted by Crippen LogP contribution is -2.05. The molecule has 3 aromatic rings. The van der Waals surface area contributed by atoms with Gasteiger partial charge in [0, 0.05) is 23.7 Å². The van der Waals surface area contributed by atoms with Gasteiger partial charge in [-0.15, -0.1) is 0 Å². The summed E-state index contributed by atoms with van der Waals surface area (Å²) in [4.78, 5) is 14.9. The highest BCUT2D eigenvalue weighted by Crippen LogP contribution is 2.31. The molecule has 0 N–H and O–H groups in total. The minimum atomic E-state index is -0.769. The Morgan fingerprint density at radius 3 is 2.83 bits per heavy atom. The third-order valence-electron chi connectivity index (χ3n) is 3.91. The van der Waals surface area contributed by atoms with Crippen molar-refractivity contribution < 1.29 is 9.31 Å². The van der Waals surface area contributed by atoms with Crippen LogP contribution in [0.5, 0.6) is 0 Å². The number of rotatable bonds is 4. The van der Waals surface area contributed by atoms with Crippen LogP contribution in [0.1, 0.15) is 17.0 Å². The summed E-state index contributed by atoms with van der Waals surface area (Å²) in [6, 6.07) is 8.26. The number of benzene rings is 2. The van der Waals surface area contributed by atoms with Gasteiger partial charge in [-0.05, 0) is 40.0 Å². The highest BCUT2D eigenvalue weighted by atomic mass is 79.9. The van der Waals surface area contributed by atoms with E-state index in [0.717, 1.165) is 11.1 Å². The van der Waals surface area contributed by atoms with Gasteiger partial charge in [0.15, 0.2) is 0 Å². The number of nitro groups is 1. The standard InChI is InChI=1S/C16H12BrClFN3O2/c1-9-10(3-2-4-13(9)18)8-21-14-6-11(22(23)24)5-12(17)16(14)20-15(21)7-19/h2-6H,7-8H2,1H3. The number of nitro benzene ring substituents is 1. The third-order valence-corrected chi connectivity index (χ3v) is 4.92. The molecule has 0 aliphatic carbocycles. The molecule has 8 heteroatoms. The van der Waals surface area contributed by atoms with Gasteiger partial charge in [0.05, 0.1) is 14.9 Å². The number of fused-ring (bicyclic) bond motifs is 1. The molecule has 0 aliphatic heterocycles. The molecule has 0 saturated carbocycles. The van der Waals surface area contributed by atoms with E-state index in [1.165, 1.54) is 12.1 Å². The normalized spacial score (nSPS) is 11.2. The number of nitrogens with zero attached hydrogens (tertiary/aromatic N) is 3. The van der Waals surface area contributed by atoms with Crippen LogP contribution < -0.4 is 0 Å². The largest absolute Gasteiger partial charge is 0.321 e. The third kappa shape index (κ3) is 2.89. The fraction of sp³-hybridized carbons (Fsp3) is 0.188. The number of hydrogen-bond acceptors (Lipinski definition) is 3. The van der Waals surface area contributed by atoms with Crippen LogP contribution in [0.25, 0.3) is 11.0 Å². The molecule has 1 heterocycles. The van der Waals surface area contributed by atoms with Crippen molar-refractivity contribution >= 4 is 44.3 Å². The summed E-state index contributed by atoms with van der Waals surface area (Å²) in [5.74, 6) is 0.213. The lowest BCUT2D eigenvalue weighted by molar-refractivity contribution is -0.384. The van der Waals surface area contributed by atoms with Crippen molar-refractivity contribution in [3.8, 4) is 0 Å². The zero-order valence-electron chi connectivity index (χ0n) is 12.6. The van der Waals surface area contributed by atoms with Crippen LogP contribution in [0.2, 0.25) is 5.02 Å². The molecule has 3 rings (SSSR count). The molecule has 0 aliphatic rings. The van der Waals surface area contributed by atoms with Crippen molar-refractivity contribution in [2.75, 3.05) is 0 Å². The van der Waals surface area contributed by atoms with E-state index in [9.17, 15) is 14.5 Å². The van der Waals surface area contributed by atoms with E-state index in [-0.39, 0.29) is 11.5 Å². The molecule has 0 bridgehead atoms. The molecule has 0 unspecified atom stereocenters. The summed E-state index contributed by atoms with van der Waals surface area (Å²) in [7, 11) is 0. The molecule has 0 amide bonds. The summed E-state index contributed by atoms with van der Waals surface area (Å²) >= 11 is 9.42. The lowest BCUT2D eigenvalue weighted by Gasteiger charge is -2.11.